The van der Waals surface area contributed by atoms with E-state index in [0.717, 1.165) is 64.2 Å². The summed E-state index contributed by atoms with van der Waals surface area (Å²) in [5, 5.41) is 0. The lowest BCUT2D eigenvalue weighted by Gasteiger charge is -2.27. The molecule has 0 saturated carbocycles. The Labute approximate surface area is 304 Å². The van der Waals surface area contributed by atoms with Gasteiger partial charge in [-0.3, -0.25) is 14.4 Å². The Morgan fingerprint density at radius 1 is 0.490 bits per heavy atom. The summed E-state index contributed by atoms with van der Waals surface area (Å²) in [6.45, 7) is 11.8. The number of rotatable bonds is 35. The second-order valence-electron chi connectivity index (χ2n) is 14.9. The van der Waals surface area contributed by atoms with Crippen LogP contribution in [0.1, 0.15) is 195 Å². The lowest BCUT2D eigenvalue weighted by molar-refractivity contribution is -0.152. The van der Waals surface area contributed by atoms with Crippen molar-refractivity contribution in [1.82, 2.24) is 9.80 Å². The van der Waals surface area contributed by atoms with Crippen LogP contribution in [0.4, 0.5) is 0 Å². The molecule has 0 heterocycles. The molecular formula is C42H82N2O5. The van der Waals surface area contributed by atoms with Crippen molar-refractivity contribution in [3.8, 4) is 0 Å². The molecule has 0 N–H and O–H groups in total. The maximum absolute atomic E-state index is 13.3. The zero-order chi connectivity index (χ0) is 36.5. The minimum absolute atomic E-state index is 0.00348. The maximum Gasteiger partial charge on any atom is 0.308 e. The van der Waals surface area contributed by atoms with Gasteiger partial charge < -0.3 is 19.3 Å². The molecule has 0 aliphatic rings. The number of hydrogen-bond acceptors (Lipinski definition) is 6. The van der Waals surface area contributed by atoms with Gasteiger partial charge in [0.25, 0.3) is 0 Å². The van der Waals surface area contributed by atoms with Crippen molar-refractivity contribution in [3.05, 3.63) is 0 Å². The van der Waals surface area contributed by atoms with Crippen LogP contribution in [-0.2, 0) is 23.9 Å². The predicted molar refractivity (Wildman–Crippen MR) is 207 cm³/mol. The second kappa shape index (κ2) is 33.5. The minimum atomic E-state index is -0.128. The van der Waals surface area contributed by atoms with Gasteiger partial charge in [-0.05, 0) is 46.7 Å². The number of carbonyl (C=O) groups excluding carboxylic acids is 3. The first kappa shape index (κ1) is 47.4. The Balaban J connectivity index is 5.00. The van der Waals surface area contributed by atoms with Crippen molar-refractivity contribution in [1.29, 1.82) is 0 Å². The highest BCUT2D eigenvalue weighted by atomic mass is 16.5. The highest BCUT2D eigenvalue weighted by Crippen LogP contribution is 2.21. The van der Waals surface area contributed by atoms with Gasteiger partial charge in [0.2, 0.25) is 5.91 Å². The van der Waals surface area contributed by atoms with E-state index in [1.807, 2.05) is 25.9 Å². The molecule has 3 atom stereocenters. The fourth-order valence-corrected chi connectivity index (χ4v) is 6.38. The number of nitrogens with zero attached hydrogens (tertiary/aromatic N) is 2. The lowest BCUT2D eigenvalue weighted by atomic mass is 9.95. The Kier molecular flexibility index (Phi) is 32.4. The summed E-state index contributed by atoms with van der Waals surface area (Å²) in [4.78, 5) is 43.4. The molecule has 3 unspecified atom stereocenters. The third kappa shape index (κ3) is 26.8. The summed E-state index contributed by atoms with van der Waals surface area (Å²) >= 11 is 0. The topological polar surface area (TPSA) is 76.1 Å². The molecule has 0 aromatic rings. The molecule has 0 aromatic heterocycles. The van der Waals surface area contributed by atoms with E-state index in [2.05, 4.69) is 27.7 Å². The number of amides is 1. The van der Waals surface area contributed by atoms with Gasteiger partial charge in [-0.2, -0.15) is 0 Å². The average molecular weight is 695 g/mol. The van der Waals surface area contributed by atoms with Crippen LogP contribution in [0.5, 0.6) is 0 Å². The van der Waals surface area contributed by atoms with Crippen molar-refractivity contribution in [3.63, 3.8) is 0 Å². The Morgan fingerprint density at radius 3 is 1.16 bits per heavy atom. The van der Waals surface area contributed by atoms with E-state index in [0.29, 0.717) is 19.5 Å². The second-order valence-corrected chi connectivity index (χ2v) is 14.9. The fourth-order valence-electron chi connectivity index (χ4n) is 6.38. The molecule has 0 aromatic carbocycles. The Bertz CT molecular complexity index is 739. The standard InChI is InChI=1S/C42H82N2O5/c1-8-12-16-18-20-22-24-26-30-38(28-14-10-3)41(46)48-34-32-44(40(45)36-37(5)43(6)7)33-35-49-42(47)39(29-15-11-4)31-27-25-23-21-19-17-13-9-2/h37-39H,8-36H2,1-7H3. The van der Waals surface area contributed by atoms with E-state index in [1.54, 1.807) is 4.90 Å². The van der Waals surface area contributed by atoms with Crippen LogP contribution in [0.3, 0.4) is 0 Å². The number of esters is 2. The molecule has 0 spiro atoms. The summed E-state index contributed by atoms with van der Waals surface area (Å²) in [6, 6.07) is 0.0789. The van der Waals surface area contributed by atoms with Gasteiger partial charge in [0, 0.05) is 12.5 Å². The number of unbranched alkanes of at least 4 members (excludes halogenated alkanes) is 16. The van der Waals surface area contributed by atoms with E-state index in [1.165, 1.54) is 89.9 Å². The zero-order valence-electron chi connectivity index (χ0n) is 33.7. The van der Waals surface area contributed by atoms with Gasteiger partial charge >= 0.3 is 11.9 Å². The SMILES string of the molecule is CCCCCCCCCCC(CCCC)C(=O)OCCN(CCOC(=O)C(CCCC)CCCCCCCCCC)C(=O)CC(C)N(C)C. The quantitative estimate of drug-likeness (QED) is 0.0485. The van der Waals surface area contributed by atoms with Gasteiger partial charge in [-0.25, -0.2) is 0 Å². The maximum atomic E-state index is 13.3. The molecule has 0 rings (SSSR count). The van der Waals surface area contributed by atoms with Gasteiger partial charge in [0.15, 0.2) is 0 Å². The third-order valence-corrected chi connectivity index (χ3v) is 10.2. The molecule has 49 heavy (non-hydrogen) atoms. The largest absolute Gasteiger partial charge is 0.464 e. The predicted octanol–water partition coefficient (Wildman–Crippen LogP) is 10.9. The molecule has 1 amide bonds. The summed E-state index contributed by atoms with van der Waals surface area (Å²) in [5.74, 6) is -0.399. The molecule has 0 fully saturated rings. The third-order valence-electron chi connectivity index (χ3n) is 10.2. The first-order chi connectivity index (χ1) is 23.7. The molecule has 0 radical (unpaired) electrons. The summed E-state index contributed by atoms with van der Waals surface area (Å²) < 4.78 is 11.6. The van der Waals surface area contributed by atoms with Crippen molar-refractivity contribution in [2.24, 2.45) is 11.8 Å². The molecular weight excluding hydrogens is 612 g/mol. The van der Waals surface area contributed by atoms with Gasteiger partial charge in [0.1, 0.15) is 13.2 Å². The highest BCUT2D eigenvalue weighted by molar-refractivity contribution is 5.77. The Hall–Kier alpha value is -1.63. The number of ether oxygens (including phenoxy) is 2. The molecule has 0 aliphatic carbocycles. The van der Waals surface area contributed by atoms with Crippen molar-refractivity contribution in [2.45, 2.75) is 201 Å². The van der Waals surface area contributed by atoms with Crippen LogP contribution in [-0.4, -0.2) is 74.1 Å². The van der Waals surface area contributed by atoms with E-state index in [-0.39, 0.29) is 48.9 Å². The number of hydrogen-bond donors (Lipinski definition) is 0. The molecule has 0 bridgehead atoms. The normalized spacial score (nSPS) is 13.3. The zero-order valence-corrected chi connectivity index (χ0v) is 33.7. The molecule has 7 heteroatoms. The van der Waals surface area contributed by atoms with Gasteiger partial charge in [-0.1, -0.05) is 156 Å². The van der Waals surface area contributed by atoms with Crippen LogP contribution < -0.4 is 0 Å². The average Bonchev–Trinajstić information content (AvgIpc) is 3.08. The minimum Gasteiger partial charge on any atom is -0.464 e. The Morgan fingerprint density at radius 2 is 0.816 bits per heavy atom. The number of carbonyl (C=O) groups is 3. The summed E-state index contributed by atoms with van der Waals surface area (Å²) in [6.07, 6.45) is 28.0. The molecule has 290 valence electrons. The summed E-state index contributed by atoms with van der Waals surface area (Å²) in [7, 11) is 3.94. The fraction of sp³-hybridized carbons (Fsp3) is 0.929. The van der Waals surface area contributed by atoms with E-state index >= 15 is 0 Å². The smallest absolute Gasteiger partial charge is 0.308 e. The monoisotopic (exact) mass is 695 g/mol. The van der Waals surface area contributed by atoms with E-state index in [9.17, 15) is 14.4 Å². The van der Waals surface area contributed by atoms with Crippen molar-refractivity contribution < 1.29 is 23.9 Å². The van der Waals surface area contributed by atoms with Crippen LogP contribution in [0.2, 0.25) is 0 Å². The molecule has 7 nitrogen and oxygen atoms in total. The van der Waals surface area contributed by atoms with E-state index in [4.69, 9.17) is 9.47 Å². The van der Waals surface area contributed by atoms with Crippen molar-refractivity contribution >= 4 is 17.8 Å². The molecule has 0 aliphatic heterocycles. The van der Waals surface area contributed by atoms with Crippen LogP contribution in [0.15, 0.2) is 0 Å². The summed E-state index contributed by atoms with van der Waals surface area (Å²) in [5.41, 5.74) is 0. The van der Waals surface area contributed by atoms with Crippen LogP contribution in [0.25, 0.3) is 0 Å². The molecule has 0 saturated heterocycles. The van der Waals surface area contributed by atoms with Crippen LogP contribution in [0, 0.1) is 11.8 Å². The van der Waals surface area contributed by atoms with Gasteiger partial charge in [0.05, 0.1) is 24.9 Å². The highest BCUT2D eigenvalue weighted by Gasteiger charge is 2.23. The lowest BCUT2D eigenvalue weighted by Crippen LogP contribution is -2.41. The first-order valence-corrected chi connectivity index (χ1v) is 21.0. The van der Waals surface area contributed by atoms with Gasteiger partial charge in [-0.15, -0.1) is 0 Å². The first-order valence-electron chi connectivity index (χ1n) is 21.0. The van der Waals surface area contributed by atoms with Crippen LogP contribution >= 0.6 is 0 Å². The van der Waals surface area contributed by atoms with E-state index < -0.39 is 0 Å². The van der Waals surface area contributed by atoms with Crippen molar-refractivity contribution in [2.75, 3.05) is 40.4 Å².